The van der Waals surface area contributed by atoms with Crippen LogP contribution >= 0.6 is 0 Å². The van der Waals surface area contributed by atoms with Crippen LogP contribution in [0.2, 0.25) is 0 Å². The van der Waals surface area contributed by atoms with Gasteiger partial charge in [-0.3, -0.25) is 0 Å². The molecule has 0 aromatic carbocycles. The van der Waals surface area contributed by atoms with Crippen molar-refractivity contribution in [3.05, 3.63) is 0 Å². The molecule has 3 fully saturated rings. The molecule has 0 saturated carbocycles. The van der Waals surface area contributed by atoms with Crippen LogP contribution in [0.3, 0.4) is 0 Å². The van der Waals surface area contributed by atoms with Crippen molar-refractivity contribution < 1.29 is 24.8 Å². The summed E-state index contributed by atoms with van der Waals surface area (Å²) in [6, 6.07) is 0. The minimum atomic E-state index is -1.10. The van der Waals surface area contributed by atoms with Crippen LogP contribution in [0.1, 0.15) is 0 Å². The lowest BCUT2D eigenvalue weighted by Gasteiger charge is -2.45. The molecule has 11 heavy (non-hydrogen) atoms. The molecule has 3 aliphatic rings. The molecule has 0 aromatic rings. The second-order valence-electron chi connectivity index (χ2n) is 2.84. The van der Waals surface area contributed by atoms with Gasteiger partial charge in [-0.2, -0.15) is 0 Å². The van der Waals surface area contributed by atoms with E-state index in [4.69, 9.17) is 14.6 Å². The fraction of sp³-hybridized carbons (Fsp3) is 1.00. The van der Waals surface area contributed by atoms with E-state index in [0.29, 0.717) is 0 Å². The van der Waals surface area contributed by atoms with Gasteiger partial charge in [0.15, 0.2) is 6.29 Å². The van der Waals surface area contributed by atoms with Gasteiger partial charge in [0.05, 0.1) is 6.61 Å². The first-order valence-corrected chi connectivity index (χ1v) is 3.51. The molecule has 5 heteroatoms. The molecule has 3 N–H and O–H groups in total. The molecule has 3 saturated heterocycles. The highest BCUT2D eigenvalue weighted by Crippen LogP contribution is 2.27. The van der Waals surface area contributed by atoms with Crippen LogP contribution in [0.5, 0.6) is 0 Å². The second kappa shape index (κ2) is 2.40. The highest BCUT2D eigenvalue weighted by molar-refractivity contribution is 4.93. The Hall–Kier alpha value is -0.200. The van der Waals surface area contributed by atoms with Gasteiger partial charge >= 0.3 is 0 Å². The molecular formula is C6H10O5. The normalized spacial score (nSPS) is 56.5. The van der Waals surface area contributed by atoms with Gasteiger partial charge in [-0.25, -0.2) is 0 Å². The summed E-state index contributed by atoms with van der Waals surface area (Å²) in [4.78, 5) is 0. The van der Waals surface area contributed by atoms with Gasteiger partial charge in [0.25, 0.3) is 0 Å². The van der Waals surface area contributed by atoms with E-state index < -0.39 is 30.7 Å². The average molecular weight is 162 g/mol. The lowest BCUT2D eigenvalue weighted by Crippen LogP contribution is -2.64. The Kier molecular flexibility index (Phi) is 1.62. The summed E-state index contributed by atoms with van der Waals surface area (Å²) in [7, 11) is 0. The fourth-order valence-electron chi connectivity index (χ4n) is 1.44. The van der Waals surface area contributed by atoms with Crippen molar-refractivity contribution in [2.75, 3.05) is 6.61 Å². The molecule has 64 valence electrons. The zero-order valence-corrected chi connectivity index (χ0v) is 5.75. The summed E-state index contributed by atoms with van der Waals surface area (Å²) in [5.74, 6) is 0. The van der Waals surface area contributed by atoms with Crippen molar-refractivity contribution in [3.8, 4) is 0 Å². The maximum absolute atomic E-state index is 9.22. The number of aliphatic hydroxyl groups is 3. The number of ether oxygens (including phenoxy) is 2. The van der Waals surface area contributed by atoms with Crippen molar-refractivity contribution in [1.29, 1.82) is 0 Å². The first-order chi connectivity index (χ1) is 5.20. The summed E-state index contributed by atoms with van der Waals surface area (Å²) < 4.78 is 9.88. The van der Waals surface area contributed by atoms with Crippen molar-refractivity contribution in [2.24, 2.45) is 0 Å². The van der Waals surface area contributed by atoms with E-state index in [-0.39, 0.29) is 6.61 Å². The first kappa shape index (κ1) is 7.45. The molecule has 0 radical (unpaired) electrons. The highest BCUT2D eigenvalue weighted by Gasteiger charge is 2.49. The number of hydrogen-bond acceptors (Lipinski definition) is 5. The van der Waals surface area contributed by atoms with E-state index in [1.54, 1.807) is 0 Å². The molecule has 3 heterocycles. The summed E-state index contributed by atoms with van der Waals surface area (Å²) in [6.07, 6.45) is -4.46. The van der Waals surface area contributed by atoms with Crippen molar-refractivity contribution in [2.45, 2.75) is 30.7 Å². The SMILES string of the molecule is OC1OC2COC1C(O)C2O. The maximum atomic E-state index is 9.22. The lowest BCUT2D eigenvalue weighted by molar-refractivity contribution is -0.343. The van der Waals surface area contributed by atoms with Crippen LogP contribution in [-0.2, 0) is 9.47 Å². The van der Waals surface area contributed by atoms with E-state index in [1.807, 2.05) is 0 Å². The topological polar surface area (TPSA) is 79.2 Å². The smallest absolute Gasteiger partial charge is 0.184 e. The van der Waals surface area contributed by atoms with Gasteiger partial charge in [0.2, 0.25) is 0 Å². The van der Waals surface area contributed by atoms with Crippen LogP contribution in [0.25, 0.3) is 0 Å². The van der Waals surface area contributed by atoms with Crippen LogP contribution in [0.4, 0.5) is 0 Å². The van der Waals surface area contributed by atoms with Crippen molar-refractivity contribution in [3.63, 3.8) is 0 Å². The Morgan fingerprint density at radius 2 is 1.82 bits per heavy atom. The zero-order chi connectivity index (χ0) is 8.01. The van der Waals surface area contributed by atoms with Gasteiger partial charge in [-0.05, 0) is 0 Å². The predicted molar refractivity (Wildman–Crippen MR) is 32.6 cm³/mol. The monoisotopic (exact) mass is 162 g/mol. The van der Waals surface area contributed by atoms with Gasteiger partial charge in [0.1, 0.15) is 24.4 Å². The molecule has 5 nitrogen and oxygen atoms in total. The van der Waals surface area contributed by atoms with E-state index in [0.717, 1.165) is 0 Å². The van der Waals surface area contributed by atoms with E-state index in [9.17, 15) is 10.2 Å². The summed E-state index contributed by atoms with van der Waals surface area (Å²) >= 11 is 0. The zero-order valence-electron chi connectivity index (χ0n) is 5.75. The lowest BCUT2D eigenvalue weighted by atomic mass is 9.96. The van der Waals surface area contributed by atoms with Crippen LogP contribution < -0.4 is 0 Å². The number of rotatable bonds is 0. The third-order valence-corrected chi connectivity index (χ3v) is 2.12. The predicted octanol–water partition coefficient (Wildman–Crippen LogP) is -2.18. The average Bonchev–Trinajstić information content (AvgIpc) is 1.99. The minimum absolute atomic E-state index is 0.236. The molecular weight excluding hydrogens is 152 g/mol. The summed E-state index contributed by atoms with van der Waals surface area (Å²) in [5.41, 5.74) is 0. The Labute approximate surface area is 63.2 Å². The van der Waals surface area contributed by atoms with E-state index in [1.165, 1.54) is 0 Å². The molecule has 0 spiro atoms. The van der Waals surface area contributed by atoms with Crippen LogP contribution in [0.15, 0.2) is 0 Å². The molecule has 5 atom stereocenters. The molecule has 3 rings (SSSR count). The highest BCUT2D eigenvalue weighted by atomic mass is 16.7. The largest absolute Gasteiger partial charge is 0.387 e. The third-order valence-electron chi connectivity index (χ3n) is 2.12. The van der Waals surface area contributed by atoms with E-state index in [2.05, 4.69) is 0 Å². The van der Waals surface area contributed by atoms with Crippen molar-refractivity contribution >= 4 is 0 Å². The molecule has 2 bridgehead atoms. The van der Waals surface area contributed by atoms with Gasteiger partial charge in [-0.15, -0.1) is 0 Å². The Morgan fingerprint density at radius 3 is 2.27 bits per heavy atom. The fourth-order valence-corrected chi connectivity index (χ4v) is 1.44. The van der Waals surface area contributed by atoms with Crippen molar-refractivity contribution in [1.82, 2.24) is 0 Å². The quantitative estimate of drug-likeness (QED) is 0.377. The molecule has 0 amide bonds. The van der Waals surface area contributed by atoms with E-state index >= 15 is 0 Å². The Morgan fingerprint density at radius 1 is 1.09 bits per heavy atom. The molecule has 0 aliphatic carbocycles. The molecule has 5 unspecified atom stereocenters. The molecule has 3 aliphatic heterocycles. The van der Waals surface area contributed by atoms with Crippen LogP contribution in [0, 0.1) is 0 Å². The van der Waals surface area contributed by atoms with Crippen LogP contribution in [-0.4, -0.2) is 52.6 Å². The van der Waals surface area contributed by atoms with Gasteiger partial charge in [0, 0.05) is 0 Å². The Bertz CT molecular complexity index is 159. The summed E-state index contributed by atoms with van der Waals surface area (Å²) in [6.45, 7) is 0.236. The maximum Gasteiger partial charge on any atom is 0.184 e. The summed E-state index contributed by atoms with van der Waals surface area (Å²) in [5, 5.41) is 27.5. The first-order valence-electron chi connectivity index (χ1n) is 3.51. The molecule has 0 aromatic heterocycles. The third kappa shape index (κ3) is 0.969. The second-order valence-corrected chi connectivity index (χ2v) is 2.84. The minimum Gasteiger partial charge on any atom is -0.387 e. The van der Waals surface area contributed by atoms with Gasteiger partial charge in [-0.1, -0.05) is 0 Å². The Balaban J connectivity index is 2.16. The number of hydrogen-bond donors (Lipinski definition) is 3. The standard InChI is InChI=1S/C6H10O5/c7-3-2-1-10-5(4(3)8)6(9)11-2/h2-9H,1H2. The van der Waals surface area contributed by atoms with Gasteiger partial charge < -0.3 is 24.8 Å². The number of aliphatic hydroxyl groups excluding tert-OH is 3. The number of fused-ring (bicyclic) bond motifs is 3.